The first-order valence-corrected chi connectivity index (χ1v) is 5.66. The minimum absolute atomic E-state index is 0.0490. The number of hydrogen-bond acceptors (Lipinski definition) is 3. The number of aliphatic hydroxyl groups excluding tert-OH is 1. The number of aryl methyl sites for hydroxylation is 1. The Balaban J connectivity index is 2.19. The van der Waals surface area contributed by atoms with E-state index in [0.29, 0.717) is 0 Å². The molecule has 0 aromatic heterocycles. The van der Waals surface area contributed by atoms with Crippen molar-refractivity contribution in [3.8, 4) is 5.75 Å². The third kappa shape index (κ3) is 2.20. The number of methoxy groups -OCH3 is 1. The molecule has 2 atom stereocenters. The summed E-state index contributed by atoms with van der Waals surface area (Å²) in [5, 5.41) is 10.2. The maximum Gasteiger partial charge on any atom is 0.119 e. The molecule has 0 saturated carbocycles. The second-order valence-electron chi connectivity index (χ2n) is 4.22. The SMILES string of the molecule is COc1ccc(C(O)C2CCCO2)c(C)c1. The van der Waals surface area contributed by atoms with E-state index in [1.807, 2.05) is 25.1 Å². The van der Waals surface area contributed by atoms with Gasteiger partial charge in [-0.15, -0.1) is 0 Å². The standard InChI is InChI=1S/C13H18O3/c1-9-8-10(15-2)5-6-11(9)13(14)12-4-3-7-16-12/h5-6,8,12-14H,3-4,7H2,1-2H3. The van der Waals surface area contributed by atoms with Crippen molar-refractivity contribution in [1.82, 2.24) is 0 Å². The van der Waals surface area contributed by atoms with E-state index in [2.05, 4.69) is 0 Å². The minimum atomic E-state index is -0.520. The van der Waals surface area contributed by atoms with Crippen molar-refractivity contribution in [1.29, 1.82) is 0 Å². The molecule has 1 aliphatic heterocycles. The zero-order chi connectivity index (χ0) is 11.5. The highest BCUT2D eigenvalue weighted by atomic mass is 16.5. The predicted octanol–water partition coefficient (Wildman–Crippen LogP) is 2.22. The van der Waals surface area contributed by atoms with Gasteiger partial charge in [0, 0.05) is 6.61 Å². The first-order chi connectivity index (χ1) is 7.72. The van der Waals surface area contributed by atoms with E-state index in [0.717, 1.165) is 36.3 Å². The van der Waals surface area contributed by atoms with Gasteiger partial charge in [-0.25, -0.2) is 0 Å². The topological polar surface area (TPSA) is 38.7 Å². The quantitative estimate of drug-likeness (QED) is 0.852. The highest BCUT2D eigenvalue weighted by molar-refractivity contribution is 5.36. The molecule has 0 aliphatic carbocycles. The fraction of sp³-hybridized carbons (Fsp3) is 0.538. The van der Waals surface area contributed by atoms with Crippen LogP contribution in [0.15, 0.2) is 18.2 Å². The molecule has 1 aliphatic rings. The highest BCUT2D eigenvalue weighted by Crippen LogP contribution is 2.30. The largest absolute Gasteiger partial charge is 0.497 e. The van der Waals surface area contributed by atoms with Gasteiger partial charge in [-0.1, -0.05) is 6.07 Å². The molecule has 1 N–H and O–H groups in total. The molecule has 1 heterocycles. The van der Waals surface area contributed by atoms with Gasteiger partial charge < -0.3 is 14.6 Å². The van der Waals surface area contributed by atoms with Gasteiger partial charge in [-0.3, -0.25) is 0 Å². The molecule has 0 spiro atoms. The van der Waals surface area contributed by atoms with E-state index in [1.54, 1.807) is 7.11 Å². The summed E-state index contributed by atoms with van der Waals surface area (Å²) in [6, 6.07) is 5.73. The summed E-state index contributed by atoms with van der Waals surface area (Å²) in [5.41, 5.74) is 1.98. The lowest BCUT2D eigenvalue weighted by Gasteiger charge is -2.20. The van der Waals surface area contributed by atoms with Crippen LogP contribution < -0.4 is 4.74 Å². The van der Waals surface area contributed by atoms with E-state index in [4.69, 9.17) is 9.47 Å². The van der Waals surface area contributed by atoms with Crippen molar-refractivity contribution in [3.05, 3.63) is 29.3 Å². The van der Waals surface area contributed by atoms with E-state index < -0.39 is 6.10 Å². The van der Waals surface area contributed by atoms with Gasteiger partial charge in [0.25, 0.3) is 0 Å². The second kappa shape index (κ2) is 4.85. The molecule has 0 bridgehead atoms. The molecule has 2 unspecified atom stereocenters. The van der Waals surface area contributed by atoms with E-state index >= 15 is 0 Å². The first-order valence-electron chi connectivity index (χ1n) is 5.66. The predicted molar refractivity (Wildman–Crippen MR) is 61.7 cm³/mol. The van der Waals surface area contributed by atoms with Gasteiger partial charge in [0.1, 0.15) is 11.9 Å². The van der Waals surface area contributed by atoms with Crippen LogP contribution in [-0.4, -0.2) is 24.9 Å². The fourth-order valence-corrected chi connectivity index (χ4v) is 2.16. The Labute approximate surface area is 96.0 Å². The van der Waals surface area contributed by atoms with E-state index in [-0.39, 0.29) is 6.10 Å². The fourth-order valence-electron chi connectivity index (χ4n) is 2.16. The van der Waals surface area contributed by atoms with Gasteiger partial charge >= 0.3 is 0 Å². The zero-order valence-corrected chi connectivity index (χ0v) is 9.77. The van der Waals surface area contributed by atoms with Crippen molar-refractivity contribution in [2.45, 2.75) is 32.0 Å². The van der Waals surface area contributed by atoms with E-state index in [1.165, 1.54) is 0 Å². The van der Waals surface area contributed by atoms with Crippen LogP contribution in [0.25, 0.3) is 0 Å². The lowest BCUT2D eigenvalue weighted by atomic mass is 9.98. The summed E-state index contributed by atoms with van der Waals surface area (Å²) in [6.07, 6.45) is 1.41. The molecule has 1 aromatic carbocycles. The molecule has 16 heavy (non-hydrogen) atoms. The molecule has 88 valence electrons. The van der Waals surface area contributed by atoms with Gasteiger partial charge in [0.2, 0.25) is 0 Å². The molecular formula is C13H18O3. The average Bonchev–Trinajstić information content (AvgIpc) is 2.81. The second-order valence-corrected chi connectivity index (χ2v) is 4.22. The van der Waals surface area contributed by atoms with Crippen LogP contribution in [0.4, 0.5) is 0 Å². The maximum absolute atomic E-state index is 10.2. The number of aliphatic hydroxyl groups is 1. The molecule has 3 heteroatoms. The number of hydrogen-bond donors (Lipinski definition) is 1. The van der Waals surface area contributed by atoms with Crippen LogP contribution in [0.3, 0.4) is 0 Å². The Kier molecular flexibility index (Phi) is 3.46. The first kappa shape index (κ1) is 11.4. The van der Waals surface area contributed by atoms with Crippen molar-refractivity contribution >= 4 is 0 Å². The van der Waals surface area contributed by atoms with Gasteiger partial charge in [-0.05, 0) is 43.0 Å². The summed E-state index contributed by atoms with van der Waals surface area (Å²) in [5.74, 6) is 0.820. The number of rotatable bonds is 3. The summed E-state index contributed by atoms with van der Waals surface area (Å²) >= 11 is 0. The maximum atomic E-state index is 10.2. The minimum Gasteiger partial charge on any atom is -0.497 e. The van der Waals surface area contributed by atoms with Crippen molar-refractivity contribution in [3.63, 3.8) is 0 Å². The Morgan fingerprint density at radius 1 is 1.50 bits per heavy atom. The van der Waals surface area contributed by atoms with Crippen molar-refractivity contribution in [2.75, 3.05) is 13.7 Å². The van der Waals surface area contributed by atoms with Crippen LogP contribution in [0.5, 0.6) is 5.75 Å². The monoisotopic (exact) mass is 222 g/mol. The Morgan fingerprint density at radius 3 is 2.88 bits per heavy atom. The Hall–Kier alpha value is -1.06. The zero-order valence-electron chi connectivity index (χ0n) is 9.77. The van der Waals surface area contributed by atoms with Gasteiger partial charge in [-0.2, -0.15) is 0 Å². The van der Waals surface area contributed by atoms with Crippen LogP contribution in [0, 0.1) is 6.92 Å². The van der Waals surface area contributed by atoms with Crippen LogP contribution >= 0.6 is 0 Å². The smallest absolute Gasteiger partial charge is 0.119 e. The molecule has 0 amide bonds. The number of benzene rings is 1. The van der Waals surface area contributed by atoms with Crippen LogP contribution in [0.2, 0.25) is 0 Å². The lowest BCUT2D eigenvalue weighted by molar-refractivity contribution is -0.00290. The average molecular weight is 222 g/mol. The summed E-state index contributed by atoms with van der Waals surface area (Å²) in [4.78, 5) is 0. The molecule has 2 rings (SSSR count). The molecule has 0 radical (unpaired) electrons. The Morgan fingerprint density at radius 2 is 2.31 bits per heavy atom. The van der Waals surface area contributed by atoms with Gasteiger partial charge in [0.15, 0.2) is 0 Å². The molecular weight excluding hydrogens is 204 g/mol. The normalized spacial score (nSPS) is 22.1. The van der Waals surface area contributed by atoms with Crippen molar-refractivity contribution in [2.24, 2.45) is 0 Å². The third-order valence-corrected chi connectivity index (χ3v) is 3.11. The Bertz CT molecular complexity index is 356. The van der Waals surface area contributed by atoms with Gasteiger partial charge in [0.05, 0.1) is 13.2 Å². The summed E-state index contributed by atoms with van der Waals surface area (Å²) in [7, 11) is 1.64. The molecule has 1 saturated heterocycles. The van der Waals surface area contributed by atoms with Crippen LogP contribution in [0.1, 0.15) is 30.1 Å². The number of ether oxygens (including phenoxy) is 2. The third-order valence-electron chi connectivity index (χ3n) is 3.11. The molecule has 3 nitrogen and oxygen atoms in total. The molecule has 1 aromatic rings. The summed E-state index contributed by atoms with van der Waals surface area (Å²) < 4.78 is 10.6. The lowest BCUT2D eigenvalue weighted by Crippen LogP contribution is -2.18. The summed E-state index contributed by atoms with van der Waals surface area (Å²) in [6.45, 7) is 2.74. The van der Waals surface area contributed by atoms with Crippen LogP contribution in [-0.2, 0) is 4.74 Å². The molecule has 1 fully saturated rings. The highest BCUT2D eigenvalue weighted by Gasteiger charge is 2.26. The van der Waals surface area contributed by atoms with E-state index in [9.17, 15) is 5.11 Å². The van der Waals surface area contributed by atoms with Crippen molar-refractivity contribution < 1.29 is 14.6 Å².